The standard InChI is InChI=1S/C12H7ClFIN2O2/c13-6-1-2-10(9(15)3-6)17-11-8(12(18)19)4-7(14)5-16-11/h1-5H,(H,16,17)(H,18,19). The fourth-order valence-corrected chi connectivity index (χ4v) is 2.43. The number of carbonyl (C=O) groups is 1. The lowest BCUT2D eigenvalue weighted by Gasteiger charge is -2.10. The first-order valence-electron chi connectivity index (χ1n) is 5.08. The number of anilines is 2. The van der Waals surface area contributed by atoms with E-state index in [0.29, 0.717) is 10.7 Å². The molecule has 0 spiro atoms. The molecule has 1 heterocycles. The summed E-state index contributed by atoms with van der Waals surface area (Å²) >= 11 is 7.88. The zero-order chi connectivity index (χ0) is 14.0. The summed E-state index contributed by atoms with van der Waals surface area (Å²) < 4.78 is 13.8. The molecule has 4 nitrogen and oxygen atoms in total. The summed E-state index contributed by atoms with van der Waals surface area (Å²) in [4.78, 5) is 14.8. The number of hydrogen-bond donors (Lipinski definition) is 2. The fourth-order valence-electron chi connectivity index (χ4n) is 1.42. The molecule has 0 radical (unpaired) electrons. The van der Waals surface area contributed by atoms with Gasteiger partial charge in [0.2, 0.25) is 0 Å². The van der Waals surface area contributed by atoms with Crippen LogP contribution in [-0.4, -0.2) is 16.1 Å². The third kappa shape index (κ3) is 3.32. The maximum Gasteiger partial charge on any atom is 0.339 e. The van der Waals surface area contributed by atoms with Gasteiger partial charge < -0.3 is 10.4 Å². The van der Waals surface area contributed by atoms with Crippen LogP contribution < -0.4 is 5.32 Å². The third-order valence-corrected chi connectivity index (χ3v) is 3.40. The maximum atomic E-state index is 13.0. The summed E-state index contributed by atoms with van der Waals surface area (Å²) in [5.41, 5.74) is 0.414. The number of halogens is 3. The summed E-state index contributed by atoms with van der Waals surface area (Å²) in [6.45, 7) is 0. The van der Waals surface area contributed by atoms with Crippen molar-refractivity contribution in [1.82, 2.24) is 4.98 Å². The van der Waals surface area contributed by atoms with E-state index in [-0.39, 0.29) is 11.4 Å². The number of nitrogens with zero attached hydrogens (tertiary/aromatic N) is 1. The molecule has 19 heavy (non-hydrogen) atoms. The van der Waals surface area contributed by atoms with Crippen molar-refractivity contribution >= 4 is 51.7 Å². The Morgan fingerprint density at radius 1 is 1.42 bits per heavy atom. The number of aromatic carboxylic acids is 1. The topological polar surface area (TPSA) is 62.2 Å². The molecule has 2 aromatic rings. The Morgan fingerprint density at radius 2 is 2.16 bits per heavy atom. The van der Waals surface area contributed by atoms with Gasteiger partial charge in [-0.3, -0.25) is 0 Å². The number of carboxylic acid groups (broad SMARTS) is 1. The Labute approximate surface area is 126 Å². The average Bonchev–Trinajstić information content (AvgIpc) is 2.34. The quantitative estimate of drug-likeness (QED) is 0.777. The molecule has 1 aromatic heterocycles. The van der Waals surface area contributed by atoms with Crippen molar-refractivity contribution in [1.29, 1.82) is 0 Å². The van der Waals surface area contributed by atoms with Gasteiger partial charge in [0.05, 0.1) is 11.9 Å². The molecule has 2 rings (SSSR count). The molecule has 0 unspecified atom stereocenters. The lowest BCUT2D eigenvalue weighted by Crippen LogP contribution is -2.06. The molecule has 2 N–H and O–H groups in total. The van der Waals surface area contributed by atoms with Gasteiger partial charge in [-0.05, 0) is 46.9 Å². The molecule has 0 saturated carbocycles. The van der Waals surface area contributed by atoms with Gasteiger partial charge in [0.15, 0.2) is 0 Å². The van der Waals surface area contributed by atoms with Crippen LogP contribution in [-0.2, 0) is 0 Å². The molecule has 0 aliphatic rings. The predicted octanol–water partition coefficient (Wildman–Crippen LogP) is 3.92. The normalized spacial score (nSPS) is 10.3. The molecule has 0 saturated heterocycles. The van der Waals surface area contributed by atoms with Crippen LogP contribution in [0.3, 0.4) is 0 Å². The minimum Gasteiger partial charge on any atom is -0.478 e. The minimum absolute atomic E-state index is 0.0779. The van der Waals surface area contributed by atoms with Crippen molar-refractivity contribution in [2.24, 2.45) is 0 Å². The van der Waals surface area contributed by atoms with Crippen LogP contribution in [0.2, 0.25) is 5.02 Å². The van der Waals surface area contributed by atoms with E-state index in [1.807, 2.05) is 0 Å². The van der Waals surface area contributed by atoms with E-state index < -0.39 is 11.8 Å². The second kappa shape index (κ2) is 5.70. The Morgan fingerprint density at radius 3 is 2.79 bits per heavy atom. The smallest absolute Gasteiger partial charge is 0.339 e. The molecule has 0 aliphatic carbocycles. The fraction of sp³-hybridized carbons (Fsp3) is 0. The lowest BCUT2D eigenvalue weighted by molar-refractivity contribution is 0.0697. The molecular weight excluding hydrogens is 385 g/mol. The van der Waals surface area contributed by atoms with Crippen molar-refractivity contribution < 1.29 is 14.3 Å². The highest BCUT2D eigenvalue weighted by Crippen LogP contribution is 2.26. The maximum absolute atomic E-state index is 13.0. The van der Waals surface area contributed by atoms with Gasteiger partial charge in [-0.25, -0.2) is 14.2 Å². The van der Waals surface area contributed by atoms with Gasteiger partial charge in [-0.15, -0.1) is 0 Å². The van der Waals surface area contributed by atoms with Crippen LogP contribution >= 0.6 is 34.2 Å². The highest BCUT2D eigenvalue weighted by Gasteiger charge is 2.14. The third-order valence-electron chi connectivity index (χ3n) is 2.27. The summed E-state index contributed by atoms with van der Waals surface area (Å²) in [5, 5.41) is 12.4. The van der Waals surface area contributed by atoms with Crippen molar-refractivity contribution in [3.8, 4) is 0 Å². The number of aromatic nitrogens is 1. The highest BCUT2D eigenvalue weighted by atomic mass is 127. The summed E-state index contributed by atoms with van der Waals surface area (Å²) in [7, 11) is 0. The van der Waals surface area contributed by atoms with Crippen LogP contribution in [0.4, 0.5) is 15.9 Å². The Kier molecular flexibility index (Phi) is 4.20. The van der Waals surface area contributed by atoms with Gasteiger partial charge in [0.1, 0.15) is 17.2 Å². The van der Waals surface area contributed by atoms with E-state index in [1.54, 1.807) is 18.2 Å². The van der Waals surface area contributed by atoms with Crippen LogP contribution in [0, 0.1) is 9.39 Å². The summed E-state index contributed by atoms with van der Waals surface area (Å²) in [6.07, 6.45) is 0.956. The van der Waals surface area contributed by atoms with Crippen LogP contribution in [0.15, 0.2) is 30.5 Å². The van der Waals surface area contributed by atoms with Gasteiger partial charge in [-0.2, -0.15) is 0 Å². The van der Waals surface area contributed by atoms with E-state index in [4.69, 9.17) is 16.7 Å². The number of nitrogens with one attached hydrogen (secondary N) is 1. The number of benzene rings is 1. The predicted molar refractivity (Wildman–Crippen MR) is 78.6 cm³/mol. The molecular formula is C12H7ClFIN2O2. The second-order valence-corrected chi connectivity index (χ2v) is 5.20. The Hall–Kier alpha value is -1.41. The van der Waals surface area contributed by atoms with Crippen molar-refractivity contribution in [3.63, 3.8) is 0 Å². The zero-order valence-corrected chi connectivity index (χ0v) is 12.2. The monoisotopic (exact) mass is 392 g/mol. The van der Waals surface area contributed by atoms with Gasteiger partial charge in [-0.1, -0.05) is 11.6 Å². The molecule has 7 heteroatoms. The first kappa shape index (κ1) is 14.0. The molecule has 0 atom stereocenters. The van der Waals surface area contributed by atoms with Crippen molar-refractivity contribution in [3.05, 3.63) is 50.4 Å². The lowest BCUT2D eigenvalue weighted by atomic mass is 10.2. The van der Waals surface area contributed by atoms with E-state index >= 15 is 0 Å². The van der Waals surface area contributed by atoms with E-state index in [2.05, 4.69) is 32.9 Å². The van der Waals surface area contributed by atoms with Crippen molar-refractivity contribution in [2.75, 3.05) is 5.32 Å². The first-order valence-corrected chi connectivity index (χ1v) is 6.54. The SMILES string of the molecule is O=C(O)c1cc(F)cnc1Nc1ccc(Cl)cc1I. The molecule has 1 aromatic carbocycles. The highest BCUT2D eigenvalue weighted by molar-refractivity contribution is 14.1. The second-order valence-electron chi connectivity index (χ2n) is 3.60. The average molecular weight is 393 g/mol. The van der Waals surface area contributed by atoms with Gasteiger partial charge in [0.25, 0.3) is 0 Å². The first-order chi connectivity index (χ1) is 8.97. The molecule has 0 fully saturated rings. The van der Waals surface area contributed by atoms with Crippen LogP contribution in [0.25, 0.3) is 0 Å². The zero-order valence-electron chi connectivity index (χ0n) is 9.32. The molecule has 0 bridgehead atoms. The van der Waals surface area contributed by atoms with E-state index in [0.717, 1.165) is 15.8 Å². The Bertz CT molecular complexity index is 652. The number of pyridine rings is 1. The Balaban J connectivity index is 2.40. The van der Waals surface area contributed by atoms with Crippen LogP contribution in [0.1, 0.15) is 10.4 Å². The summed E-state index contributed by atoms with van der Waals surface area (Å²) in [6, 6.07) is 5.99. The largest absolute Gasteiger partial charge is 0.478 e. The molecule has 0 amide bonds. The number of carboxylic acids is 1. The number of hydrogen-bond acceptors (Lipinski definition) is 3. The van der Waals surface area contributed by atoms with E-state index in [1.165, 1.54) is 0 Å². The minimum atomic E-state index is -1.25. The van der Waals surface area contributed by atoms with Gasteiger partial charge in [0, 0.05) is 8.59 Å². The number of rotatable bonds is 3. The van der Waals surface area contributed by atoms with Gasteiger partial charge >= 0.3 is 5.97 Å². The van der Waals surface area contributed by atoms with E-state index in [9.17, 15) is 9.18 Å². The molecule has 98 valence electrons. The van der Waals surface area contributed by atoms with Crippen LogP contribution in [0.5, 0.6) is 0 Å². The summed E-state index contributed by atoms with van der Waals surface area (Å²) in [5.74, 6) is -1.87. The molecule has 0 aliphatic heterocycles. The van der Waals surface area contributed by atoms with Crippen molar-refractivity contribution in [2.45, 2.75) is 0 Å².